The monoisotopic (exact) mass is 445 g/mol. The van der Waals surface area contributed by atoms with Crippen LogP contribution in [0.5, 0.6) is 0 Å². The van der Waals surface area contributed by atoms with E-state index in [1.165, 1.54) is 21.2 Å². The second kappa shape index (κ2) is 8.71. The minimum absolute atomic E-state index is 0.174. The van der Waals surface area contributed by atoms with Crippen molar-refractivity contribution >= 4 is 33.2 Å². The highest BCUT2D eigenvalue weighted by Gasteiger charge is 2.32. The van der Waals surface area contributed by atoms with Gasteiger partial charge >= 0.3 is 0 Å². The lowest BCUT2D eigenvalue weighted by Crippen LogP contribution is -2.41. The number of nitrogens with one attached hydrogen (secondary N) is 1. The zero-order valence-corrected chi connectivity index (χ0v) is 18.2. The summed E-state index contributed by atoms with van der Waals surface area (Å²) in [6, 6.07) is 13.1. The number of sulfonamides is 1. The van der Waals surface area contributed by atoms with Crippen molar-refractivity contribution in [3.63, 3.8) is 0 Å². The van der Waals surface area contributed by atoms with Crippen molar-refractivity contribution in [1.82, 2.24) is 9.46 Å². The molecule has 0 bridgehead atoms. The van der Waals surface area contributed by atoms with Gasteiger partial charge in [0.2, 0.25) is 11.8 Å². The number of carbonyl (C=O) groups excluding carboxylic acids is 1. The zero-order valence-electron chi connectivity index (χ0n) is 16.6. The number of hydrogen-bond donors (Lipinski definition) is 1. The minimum Gasteiger partial charge on any atom is -0.338 e. The van der Waals surface area contributed by atoms with Gasteiger partial charge in [-0.3, -0.25) is 10.1 Å². The number of piperidine rings is 1. The summed E-state index contributed by atoms with van der Waals surface area (Å²) in [6.07, 6.45) is 1.90. The lowest BCUT2D eigenvalue weighted by atomic mass is 9.97. The summed E-state index contributed by atoms with van der Waals surface area (Å²) < 4.78 is 32.3. The topological polar surface area (TPSA) is 92.5 Å². The van der Waals surface area contributed by atoms with Gasteiger partial charge in [0, 0.05) is 30.6 Å². The molecule has 1 aliphatic rings. The summed E-state index contributed by atoms with van der Waals surface area (Å²) in [5, 5.41) is 8.56. The van der Waals surface area contributed by atoms with Gasteiger partial charge in [0.25, 0.3) is 10.0 Å². The molecule has 1 amide bonds. The highest BCUT2D eigenvalue weighted by atomic mass is 32.2. The lowest BCUT2D eigenvalue weighted by Gasteiger charge is -2.29. The van der Waals surface area contributed by atoms with Crippen LogP contribution >= 0.6 is 11.3 Å². The van der Waals surface area contributed by atoms with Crippen LogP contribution in [0.3, 0.4) is 0 Å². The van der Waals surface area contributed by atoms with Crippen molar-refractivity contribution in [2.24, 2.45) is 5.92 Å². The number of thiophene rings is 1. The molecular weight excluding hydrogens is 422 g/mol. The first-order valence-corrected chi connectivity index (χ1v) is 12.2. The second-order valence-electron chi connectivity index (χ2n) is 7.23. The van der Waals surface area contributed by atoms with Gasteiger partial charge < -0.3 is 4.52 Å². The Hall–Kier alpha value is -2.49. The summed E-state index contributed by atoms with van der Waals surface area (Å²) >= 11 is 1.21. The molecule has 1 fully saturated rings. The molecule has 0 unspecified atom stereocenters. The normalized spacial score (nSPS) is 15.9. The lowest BCUT2D eigenvalue weighted by molar-refractivity contribution is -0.121. The molecule has 0 saturated carbocycles. The van der Waals surface area contributed by atoms with E-state index in [4.69, 9.17) is 4.52 Å². The Morgan fingerprint density at radius 1 is 1.23 bits per heavy atom. The van der Waals surface area contributed by atoms with Gasteiger partial charge in [0.15, 0.2) is 0 Å². The minimum atomic E-state index is -3.47. The first-order valence-electron chi connectivity index (χ1n) is 9.88. The zero-order chi connectivity index (χ0) is 21.1. The number of amides is 1. The smallest absolute Gasteiger partial charge is 0.252 e. The van der Waals surface area contributed by atoms with Crippen LogP contribution in [-0.2, 0) is 21.2 Å². The van der Waals surface area contributed by atoms with E-state index in [0.717, 1.165) is 12.0 Å². The number of benzene rings is 1. The Labute approximate surface area is 179 Å². The Bertz CT molecular complexity index is 1100. The van der Waals surface area contributed by atoms with Crippen LogP contribution in [0.15, 0.2) is 56.6 Å². The standard InChI is InChI=1S/C21H23N3O4S2/c1-2-15-5-7-16(8-6-15)18-14-19(28-23-18)22-21(25)17-9-11-24(12-10-17)30(26,27)20-4-3-13-29-20/h3-8,13-14,17H,2,9-12H2,1H3,(H,22,25). The molecule has 3 aromatic rings. The van der Waals surface area contributed by atoms with Crippen molar-refractivity contribution in [3.05, 3.63) is 53.4 Å². The number of anilines is 1. The Balaban J connectivity index is 1.35. The van der Waals surface area contributed by atoms with Crippen molar-refractivity contribution in [2.75, 3.05) is 18.4 Å². The van der Waals surface area contributed by atoms with Crippen LogP contribution in [0.25, 0.3) is 11.3 Å². The van der Waals surface area contributed by atoms with Crippen LogP contribution < -0.4 is 5.32 Å². The summed E-state index contributed by atoms with van der Waals surface area (Å²) in [5.74, 6) is -0.146. The van der Waals surface area contributed by atoms with E-state index in [-0.39, 0.29) is 11.8 Å². The first-order chi connectivity index (χ1) is 14.5. The van der Waals surface area contributed by atoms with Gasteiger partial charge in [-0.25, -0.2) is 8.42 Å². The van der Waals surface area contributed by atoms with Crippen molar-refractivity contribution in [1.29, 1.82) is 0 Å². The van der Waals surface area contributed by atoms with Crippen LogP contribution in [0.4, 0.5) is 5.88 Å². The third-order valence-corrected chi connectivity index (χ3v) is 8.60. The van der Waals surface area contributed by atoms with E-state index in [2.05, 4.69) is 17.4 Å². The predicted molar refractivity (Wildman–Crippen MR) is 116 cm³/mol. The summed E-state index contributed by atoms with van der Waals surface area (Å²) in [5.41, 5.74) is 2.82. The molecule has 0 atom stereocenters. The van der Waals surface area contributed by atoms with Crippen LogP contribution in [-0.4, -0.2) is 36.9 Å². The maximum Gasteiger partial charge on any atom is 0.252 e. The van der Waals surface area contributed by atoms with Gasteiger partial charge in [0.05, 0.1) is 0 Å². The van der Waals surface area contributed by atoms with E-state index in [1.54, 1.807) is 23.6 Å². The Morgan fingerprint density at radius 2 is 1.97 bits per heavy atom. The molecule has 7 nitrogen and oxygen atoms in total. The predicted octanol–water partition coefficient (Wildman–Crippen LogP) is 4.00. The average Bonchev–Trinajstić information content (AvgIpc) is 3.47. The van der Waals surface area contributed by atoms with E-state index >= 15 is 0 Å². The third-order valence-electron chi connectivity index (χ3n) is 5.33. The molecule has 1 aromatic carbocycles. The molecule has 0 aliphatic carbocycles. The molecule has 2 aromatic heterocycles. The first kappa shape index (κ1) is 20.8. The SMILES string of the molecule is CCc1ccc(-c2cc(NC(=O)C3CCN(S(=O)(=O)c4cccs4)CC3)on2)cc1. The van der Waals surface area contributed by atoms with Gasteiger partial charge in [-0.05, 0) is 36.3 Å². The van der Waals surface area contributed by atoms with E-state index in [1.807, 2.05) is 24.3 Å². The molecule has 4 rings (SSSR count). The maximum atomic E-state index is 12.6. The summed E-state index contributed by atoms with van der Waals surface area (Å²) in [7, 11) is -3.47. The Morgan fingerprint density at radius 3 is 2.60 bits per heavy atom. The number of hydrogen-bond acceptors (Lipinski definition) is 6. The van der Waals surface area contributed by atoms with E-state index in [9.17, 15) is 13.2 Å². The van der Waals surface area contributed by atoms with Gasteiger partial charge in [-0.15, -0.1) is 11.3 Å². The fourth-order valence-corrected chi connectivity index (χ4v) is 6.11. The number of rotatable bonds is 6. The van der Waals surface area contributed by atoms with Crippen LogP contribution in [0, 0.1) is 5.92 Å². The van der Waals surface area contributed by atoms with Crippen LogP contribution in [0.1, 0.15) is 25.3 Å². The maximum absolute atomic E-state index is 12.6. The van der Waals surface area contributed by atoms with Crippen LogP contribution in [0.2, 0.25) is 0 Å². The third kappa shape index (κ3) is 4.33. The van der Waals surface area contributed by atoms with Gasteiger partial charge in [-0.1, -0.05) is 42.4 Å². The largest absolute Gasteiger partial charge is 0.338 e. The fourth-order valence-electron chi connectivity index (χ4n) is 3.50. The molecule has 1 aliphatic heterocycles. The number of aromatic nitrogens is 1. The molecule has 30 heavy (non-hydrogen) atoms. The molecule has 3 heterocycles. The quantitative estimate of drug-likeness (QED) is 0.619. The number of carbonyl (C=O) groups is 1. The fraction of sp³-hybridized carbons (Fsp3) is 0.333. The van der Waals surface area contributed by atoms with Crippen molar-refractivity contribution in [2.45, 2.75) is 30.4 Å². The Kier molecular flexibility index (Phi) is 6.03. The second-order valence-corrected chi connectivity index (χ2v) is 10.3. The highest BCUT2D eigenvalue weighted by Crippen LogP contribution is 2.28. The van der Waals surface area contributed by atoms with E-state index < -0.39 is 10.0 Å². The molecule has 9 heteroatoms. The molecule has 158 valence electrons. The van der Waals surface area contributed by atoms with Crippen molar-refractivity contribution in [3.8, 4) is 11.3 Å². The van der Waals surface area contributed by atoms with Gasteiger partial charge in [0.1, 0.15) is 9.90 Å². The van der Waals surface area contributed by atoms with Crippen molar-refractivity contribution < 1.29 is 17.7 Å². The number of aryl methyl sites for hydroxylation is 1. The molecular formula is C21H23N3O4S2. The summed E-state index contributed by atoms with van der Waals surface area (Å²) in [4.78, 5) is 12.6. The molecule has 1 N–H and O–H groups in total. The summed E-state index contributed by atoms with van der Waals surface area (Å²) in [6.45, 7) is 2.74. The molecule has 1 saturated heterocycles. The average molecular weight is 446 g/mol. The molecule has 0 spiro atoms. The van der Waals surface area contributed by atoms with Gasteiger partial charge in [-0.2, -0.15) is 4.31 Å². The number of nitrogens with zero attached hydrogens (tertiary/aromatic N) is 2. The molecule has 0 radical (unpaired) electrons. The highest BCUT2D eigenvalue weighted by molar-refractivity contribution is 7.91. The van der Waals surface area contributed by atoms with E-state index in [0.29, 0.717) is 41.7 Å².